The fraction of sp³-hybridized carbons (Fsp3) is 0.310. The molecular formula is C29H32N4O5. The van der Waals surface area contributed by atoms with Crippen LogP contribution in [0.5, 0.6) is 5.75 Å². The molecule has 38 heavy (non-hydrogen) atoms. The molecule has 4 rings (SSSR count). The van der Waals surface area contributed by atoms with E-state index in [-0.39, 0.29) is 5.41 Å². The molecule has 0 saturated heterocycles. The van der Waals surface area contributed by atoms with Crippen molar-refractivity contribution in [2.45, 2.75) is 52.6 Å². The van der Waals surface area contributed by atoms with Crippen molar-refractivity contribution in [1.29, 1.82) is 0 Å². The summed E-state index contributed by atoms with van der Waals surface area (Å²) in [7, 11) is 1.60. The van der Waals surface area contributed by atoms with E-state index in [0.29, 0.717) is 33.7 Å². The fourth-order valence-corrected chi connectivity index (χ4v) is 4.12. The smallest absolute Gasteiger partial charge is 0.412 e. The van der Waals surface area contributed by atoms with Gasteiger partial charge in [0.2, 0.25) is 0 Å². The van der Waals surface area contributed by atoms with Gasteiger partial charge in [0, 0.05) is 34.5 Å². The van der Waals surface area contributed by atoms with Gasteiger partial charge in [0.05, 0.1) is 18.5 Å². The number of hydrogen-bond donors (Lipinski definition) is 2. The van der Waals surface area contributed by atoms with Gasteiger partial charge in [0.15, 0.2) is 0 Å². The van der Waals surface area contributed by atoms with Crippen LogP contribution in [-0.4, -0.2) is 33.3 Å². The summed E-state index contributed by atoms with van der Waals surface area (Å²) in [4.78, 5) is 43.7. The van der Waals surface area contributed by atoms with Gasteiger partial charge in [-0.05, 0) is 56.5 Å². The zero-order valence-electron chi connectivity index (χ0n) is 22.6. The van der Waals surface area contributed by atoms with Crippen molar-refractivity contribution in [2.75, 3.05) is 12.4 Å². The second-order valence-corrected chi connectivity index (χ2v) is 11.0. The van der Waals surface area contributed by atoms with Gasteiger partial charge in [0.25, 0.3) is 5.56 Å². The lowest BCUT2D eigenvalue weighted by Crippen LogP contribution is -2.28. The maximum Gasteiger partial charge on any atom is 0.412 e. The minimum atomic E-state index is -0.594. The zero-order valence-corrected chi connectivity index (χ0v) is 22.6. The Morgan fingerprint density at radius 3 is 2.24 bits per heavy atom. The van der Waals surface area contributed by atoms with E-state index in [1.807, 2.05) is 30.3 Å². The van der Waals surface area contributed by atoms with Gasteiger partial charge in [-0.2, -0.15) is 0 Å². The molecule has 0 spiro atoms. The van der Waals surface area contributed by atoms with Crippen molar-refractivity contribution in [1.82, 2.24) is 14.5 Å². The third kappa shape index (κ3) is 5.61. The lowest BCUT2D eigenvalue weighted by Gasteiger charge is -2.25. The molecule has 2 aromatic carbocycles. The summed E-state index contributed by atoms with van der Waals surface area (Å²) in [5.74, 6) is 0.610. The van der Waals surface area contributed by atoms with Crippen LogP contribution in [-0.2, 0) is 10.2 Å². The van der Waals surface area contributed by atoms with E-state index in [1.54, 1.807) is 40.0 Å². The molecule has 0 atom stereocenters. The van der Waals surface area contributed by atoms with Crippen LogP contribution in [0.4, 0.5) is 10.5 Å². The Bertz CT molecular complexity index is 1620. The van der Waals surface area contributed by atoms with Crippen LogP contribution < -0.4 is 21.3 Å². The molecule has 9 heteroatoms. The number of carbonyl (C=O) groups is 1. The van der Waals surface area contributed by atoms with Crippen molar-refractivity contribution < 1.29 is 14.3 Å². The average Bonchev–Trinajstić information content (AvgIpc) is 2.81. The first-order valence-corrected chi connectivity index (χ1v) is 12.2. The number of methoxy groups -OCH3 is 1. The Morgan fingerprint density at radius 2 is 1.66 bits per heavy atom. The maximum atomic E-state index is 12.7. The van der Waals surface area contributed by atoms with Crippen LogP contribution in [0.15, 0.2) is 64.3 Å². The predicted molar refractivity (Wildman–Crippen MR) is 149 cm³/mol. The Kier molecular flexibility index (Phi) is 6.88. The number of fused-ring (bicyclic) bond motifs is 1. The average molecular weight is 517 g/mol. The quantitative estimate of drug-likeness (QED) is 0.376. The molecule has 0 fully saturated rings. The number of aromatic nitrogens is 3. The van der Waals surface area contributed by atoms with E-state index in [1.165, 1.54) is 16.8 Å². The lowest BCUT2D eigenvalue weighted by atomic mass is 9.85. The number of benzene rings is 2. The van der Waals surface area contributed by atoms with Crippen molar-refractivity contribution in [3.05, 3.63) is 81.1 Å². The highest BCUT2D eigenvalue weighted by Crippen LogP contribution is 2.40. The highest BCUT2D eigenvalue weighted by Gasteiger charge is 2.25. The molecule has 1 amide bonds. The first kappa shape index (κ1) is 26.7. The van der Waals surface area contributed by atoms with Crippen molar-refractivity contribution in [3.8, 4) is 22.7 Å². The molecule has 9 nitrogen and oxygen atoms in total. The van der Waals surface area contributed by atoms with E-state index < -0.39 is 22.9 Å². The number of carbonyl (C=O) groups excluding carboxylic acids is 1. The summed E-state index contributed by atoms with van der Waals surface area (Å²) in [5, 5.41) is 3.42. The van der Waals surface area contributed by atoms with E-state index >= 15 is 0 Å². The highest BCUT2D eigenvalue weighted by molar-refractivity contribution is 5.95. The van der Waals surface area contributed by atoms with Crippen molar-refractivity contribution >= 4 is 22.7 Å². The third-order valence-corrected chi connectivity index (χ3v) is 5.83. The van der Waals surface area contributed by atoms with Crippen molar-refractivity contribution in [2.24, 2.45) is 0 Å². The number of pyridine rings is 1. The number of amides is 1. The number of aromatic amines is 1. The number of nitrogens with zero attached hydrogens (tertiary/aromatic N) is 2. The molecule has 0 radical (unpaired) electrons. The number of anilines is 1. The first-order valence-electron chi connectivity index (χ1n) is 12.2. The summed E-state index contributed by atoms with van der Waals surface area (Å²) in [6, 6.07) is 14.2. The summed E-state index contributed by atoms with van der Waals surface area (Å²) < 4.78 is 12.6. The van der Waals surface area contributed by atoms with E-state index in [2.05, 4.69) is 31.1 Å². The Hall–Kier alpha value is -4.40. The van der Waals surface area contributed by atoms with Crippen LogP contribution >= 0.6 is 0 Å². The molecule has 2 aromatic heterocycles. The molecule has 0 aliphatic rings. The second-order valence-electron chi connectivity index (χ2n) is 11.0. The molecule has 0 aliphatic heterocycles. The second kappa shape index (κ2) is 9.81. The topological polar surface area (TPSA) is 115 Å². The van der Waals surface area contributed by atoms with Gasteiger partial charge < -0.3 is 9.47 Å². The summed E-state index contributed by atoms with van der Waals surface area (Å²) >= 11 is 0. The number of nitrogens with one attached hydrogen (secondary N) is 2. The lowest BCUT2D eigenvalue weighted by molar-refractivity contribution is 0.0636. The van der Waals surface area contributed by atoms with Crippen LogP contribution in [0.2, 0.25) is 0 Å². The summed E-state index contributed by atoms with van der Waals surface area (Å²) in [6.07, 6.45) is 0.928. The first-order chi connectivity index (χ1) is 17.8. The molecule has 0 unspecified atom stereocenters. The van der Waals surface area contributed by atoms with Gasteiger partial charge >= 0.3 is 11.8 Å². The van der Waals surface area contributed by atoms with E-state index in [0.717, 1.165) is 11.1 Å². The standard InChI is InChI=1S/C29H32N4O5/c1-28(2,3)20-16-22(33-15-14-23(34)32-26(33)35)19-12-13-21(31-24(19)25(20)37-7)17-8-10-18(11-9-17)30-27(36)38-29(4,5)6/h8-16H,1-7H3,(H,30,36)(H,32,34,35). The molecule has 0 bridgehead atoms. The zero-order chi connectivity index (χ0) is 27.8. The molecular weight excluding hydrogens is 484 g/mol. The fourth-order valence-electron chi connectivity index (χ4n) is 4.12. The number of hydrogen-bond acceptors (Lipinski definition) is 6. The monoisotopic (exact) mass is 516 g/mol. The number of H-pyrrole nitrogens is 1. The minimum absolute atomic E-state index is 0.327. The van der Waals surface area contributed by atoms with Gasteiger partial charge in [-0.25, -0.2) is 14.6 Å². The highest BCUT2D eigenvalue weighted by atomic mass is 16.6. The van der Waals surface area contributed by atoms with Gasteiger partial charge in [0.1, 0.15) is 16.9 Å². The van der Waals surface area contributed by atoms with Gasteiger partial charge in [-0.15, -0.1) is 0 Å². The number of rotatable bonds is 4. The Labute approximate surface area is 220 Å². The molecule has 0 saturated carbocycles. The maximum absolute atomic E-state index is 12.7. The normalized spacial score (nSPS) is 11.9. The Morgan fingerprint density at radius 1 is 0.974 bits per heavy atom. The largest absolute Gasteiger partial charge is 0.494 e. The molecule has 198 valence electrons. The van der Waals surface area contributed by atoms with Gasteiger partial charge in [-0.1, -0.05) is 32.9 Å². The van der Waals surface area contributed by atoms with Crippen molar-refractivity contribution in [3.63, 3.8) is 0 Å². The van der Waals surface area contributed by atoms with E-state index in [4.69, 9.17) is 14.5 Å². The van der Waals surface area contributed by atoms with E-state index in [9.17, 15) is 14.4 Å². The van der Waals surface area contributed by atoms with Crippen LogP contribution in [0.25, 0.3) is 27.8 Å². The Balaban J connectivity index is 1.84. The molecule has 2 N–H and O–H groups in total. The summed E-state index contributed by atoms with van der Waals surface area (Å²) in [6.45, 7) is 11.6. The molecule has 4 aromatic rings. The van der Waals surface area contributed by atoms with Gasteiger partial charge in [-0.3, -0.25) is 19.7 Å². The summed E-state index contributed by atoms with van der Waals surface area (Å²) in [5.41, 5.74) is 2.21. The third-order valence-electron chi connectivity index (χ3n) is 5.83. The molecule has 0 aliphatic carbocycles. The van der Waals surface area contributed by atoms with Crippen LogP contribution in [0.1, 0.15) is 47.1 Å². The SMILES string of the molecule is COc1c(C(C)(C)C)cc(-n2ccc(=O)[nH]c2=O)c2ccc(-c3ccc(NC(=O)OC(C)(C)C)cc3)nc12. The molecule has 2 heterocycles. The number of ether oxygens (including phenoxy) is 2. The van der Waals surface area contributed by atoms with Crippen LogP contribution in [0, 0.1) is 0 Å². The van der Waals surface area contributed by atoms with Crippen LogP contribution in [0.3, 0.4) is 0 Å². The predicted octanol–water partition coefficient (Wildman–Crippen LogP) is 5.39. The minimum Gasteiger partial charge on any atom is -0.494 e.